The number of carbonyl (C=O) groups excluding carboxylic acids is 1. The van der Waals surface area contributed by atoms with E-state index in [1.54, 1.807) is 14.1 Å². The van der Waals surface area contributed by atoms with Crippen molar-refractivity contribution in [2.45, 2.75) is 13.5 Å². The molecule has 7 nitrogen and oxygen atoms in total. The quantitative estimate of drug-likeness (QED) is 0.216. The average Bonchev–Trinajstić information content (AvgIpc) is 2.74. The van der Waals surface area contributed by atoms with E-state index in [0.29, 0.717) is 25.4 Å². The number of guanidine groups is 1. The van der Waals surface area contributed by atoms with E-state index >= 15 is 0 Å². The lowest BCUT2D eigenvalue weighted by Crippen LogP contribution is -2.39. The first-order valence-corrected chi connectivity index (χ1v) is 9.70. The van der Waals surface area contributed by atoms with Crippen molar-refractivity contribution in [1.29, 1.82) is 0 Å². The van der Waals surface area contributed by atoms with Gasteiger partial charge in [0.1, 0.15) is 18.1 Å². The summed E-state index contributed by atoms with van der Waals surface area (Å²) in [6.07, 6.45) is 0. The number of ether oxygens (including phenoxy) is 2. The molecule has 1 amide bonds. The molecule has 0 aliphatic rings. The van der Waals surface area contributed by atoms with Gasteiger partial charge in [-0.1, -0.05) is 30.3 Å². The van der Waals surface area contributed by atoms with Crippen molar-refractivity contribution >= 4 is 35.8 Å². The number of para-hydroxylation sites is 1. The fourth-order valence-corrected chi connectivity index (χ4v) is 2.37. The van der Waals surface area contributed by atoms with Crippen LogP contribution in [0.2, 0.25) is 0 Å². The van der Waals surface area contributed by atoms with Gasteiger partial charge in [-0.15, -0.1) is 24.0 Å². The zero-order valence-electron chi connectivity index (χ0n) is 17.8. The number of nitrogens with one attached hydrogen (secondary N) is 2. The summed E-state index contributed by atoms with van der Waals surface area (Å²) in [5.74, 6) is 2.14. The first kappa shape index (κ1) is 25.5. The van der Waals surface area contributed by atoms with Crippen molar-refractivity contribution in [2.24, 2.45) is 4.99 Å². The van der Waals surface area contributed by atoms with Crippen molar-refractivity contribution in [1.82, 2.24) is 15.5 Å². The maximum absolute atomic E-state index is 11.7. The number of halogens is 1. The molecule has 0 aliphatic heterocycles. The van der Waals surface area contributed by atoms with E-state index in [1.165, 1.54) is 4.90 Å². The molecule has 0 aromatic heterocycles. The highest BCUT2D eigenvalue weighted by Crippen LogP contribution is 2.14. The Balaban J connectivity index is 0.00000450. The third-order valence-electron chi connectivity index (χ3n) is 3.93. The lowest BCUT2D eigenvalue weighted by Gasteiger charge is -2.13. The molecule has 0 fully saturated rings. The van der Waals surface area contributed by atoms with Crippen LogP contribution in [0, 0.1) is 0 Å². The highest BCUT2D eigenvalue weighted by atomic mass is 127. The predicted molar refractivity (Wildman–Crippen MR) is 131 cm³/mol. The normalized spacial score (nSPS) is 10.6. The van der Waals surface area contributed by atoms with E-state index in [2.05, 4.69) is 15.6 Å². The molecular weight excluding hydrogens is 495 g/mol. The van der Waals surface area contributed by atoms with E-state index in [4.69, 9.17) is 9.47 Å². The number of likely N-dealkylation sites (N-methyl/N-ethyl adjacent to an activating group) is 1. The lowest BCUT2D eigenvalue weighted by atomic mass is 10.2. The molecule has 2 aromatic rings. The number of aliphatic imine (C=N–C) groups is 1. The molecule has 2 rings (SSSR count). The average molecular weight is 526 g/mol. The second-order valence-corrected chi connectivity index (χ2v) is 6.51. The van der Waals surface area contributed by atoms with Gasteiger partial charge in [0.05, 0.1) is 13.1 Å². The zero-order chi connectivity index (χ0) is 20.9. The summed E-state index contributed by atoms with van der Waals surface area (Å²) in [4.78, 5) is 17.8. The Kier molecular flexibility index (Phi) is 12.3. The lowest BCUT2D eigenvalue weighted by molar-refractivity contribution is -0.130. The molecule has 0 radical (unpaired) electrons. The summed E-state index contributed by atoms with van der Waals surface area (Å²) in [6.45, 7) is 4.47. The third kappa shape index (κ3) is 9.82. The Labute approximate surface area is 195 Å². The fourth-order valence-electron chi connectivity index (χ4n) is 2.37. The van der Waals surface area contributed by atoms with Crippen molar-refractivity contribution in [3.8, 4) is 11.5 Å². The van der Waals surface area contributed by atoms with Gasteiger partial charge in [0, 0.05) is 20.6 Å². The van der Waals surface area contributed by atoms with Crippen LogP contribution >= 0.6 is 24.0 Å². The molecule has 2 aromatic carbocycles. The zero-order valence-corrected chi connectivity index (χ0v) is 20.1. The minimum absolute atomic E-state index is 0. The maximum Gasteiger partial charge on any atom is 0.259 e. The smallest absolute Gasteiger partial charge is 0.259 e. The van der Waals surface area contributed by atoms with Crippen molar-refractivity contribution < 1.29 is 14.3 Å². The number of hydrogen-bond acceptors (Lipinski definition) is 4. The maximum atomic E-state index is 11.7. The molecule has 0 saturated heterocycles. The summed E-state index contributed by atoms with van der Waals surface area (Å²) in [5.41, 5.74) is 0.998. The van der Waals surface area contributed by atoms with Gasteiger partial charge in [0.2, 0.25) is 0 Å². The van der Waals surface area contributed by atoms with Crippen molar-refractivity contribution in [3.63, 3.8) is 0 Å². The SMILES string of the molecule is CCNC(=NCc1cccc(OCC(=O)N(C)C)c1)NCCOc1ccccc1.I. The summed E-state index contributed by atoms with van der Waals surface area (Å²) >= 11 is 0. The van der Waals surface area contributed by atoms with Gasteiger partial charge in [-0.2, -0.15) is 0 Å². The van der Waals surface area contributed by atoms with Crippen LogP contribution in [0.1, 0.15) is 12.5 Å². The predicted octanol–water partition coefficient (Wildman–Crippen LogP) is 2.91. The number of carbonyl (C=O) groups is 1. The van der Waals surface area contributed by atoms with Crippen LogP contribution in [0.25, 0.3) is 0 Å². The van der Waals surface area contributed by atoms with Crippen molar-refractivity contribution in [3.05, 3.63) is 60.2 Å². The topological polar surface area (TPSA) is 75.2 Å². The second-order valence-electron chi connectivity index (χ2n) is 6.51. The van der Waals surface area contributed by atoms with Crippen LogP contribution in [-0.2, 0) is 11.3 Å². The van der Waals surface area contributed by atoms with Gasteiger partial charge in [0.25, 0.3) is 5.91 Å². The first-order chi connectivity index (χ1) is 14.1. The van der Waals surface area contributed by atoms with E-state index in [1.807, 2.05) is 61.5 Å². The molecule has 0 heterocycles. The highest BCUT2D eigenvalue weighted by Gasteiger charge is 2.05. The van der Waals surface area contributed by atoms with Crippen molar-refractivity contribution in [2.75, 3.05) is 40.4 Å². The van der Waals surface area contributed by atoms with Gasteiger partial charge in [-0.05, 0) is 36.8 Å². The Hall–Kier alpha value is -2.49. The van der Waals surface area contributed by atoms with E-state index in [-0.39, 0.29) is 36.5 Å². The van der Waals surface area contributed by atoms with E-state index in [0.717, 1.165) is 23.8 Å². The Bertz CT molecular complexity index is 785. The molecule has 164 valence electrons. The minimum atomic E-state index is -0.0789. The molecule has 8 heteroatoms. The van der Waals surface area contributed by atoms with Gasteiger partial charge < -0.3 is 25.0 Å². The van der Waals surface area contributed by atoms with Gasteiger partial charge in [-0.25, -0.2) is 4.99 Å². The summed E-state index contributed by atoms with van der Waals surface area (Å²) in [7, 11) is 3.41. The van der Waals surface area contributed by atoms with Gasteiger partial charge in [-0.3, -0.25) is 4.79 Å². The summed E-state index contributed by atoms with van der Waals surface area (Å²) < 4.78 is 11.2. The molecule has 0 unspecified atom stereocenters. The number of benzene rings is 2. The Morgan fingerprint density at radius 1 is 1.00 bits per heavy atom. The molecule has 0 aliphatic carbocycles. The third-order valence-corrected chi connectivity index (χ3v) is 3.93. The highest BCUT2D eigenvalue weighted by molar-refractivity contribution is 14.0. The molecule has 0 atom stereocenters. The largest absolute Gasteiger partial charge is 0.492 e. The molecule has 2 N–H and O–H groups in total. The van der Waals surface area contributed by atoms with E-state index in [9.17, 15) is 4.79 Å². The standard InChI is InChI=1S/C22H30N4O3.HI/c1-4-23-22(24-13-14-28-19-10-6-5-7-11-19)25-16-18-9-8-12-20(15-18)29-17-21(27)26(2)3;/h5-12,15H,4,13-14,16-17H2,1-3H3,(H2,23,24,25);1H. The van der Waals surface area contributed by atoms with Crippen LogP contribution in [-0.4, -0.2) is 57.2 Å². The van der Waals surface area contributed by atoms with Gasteiger partial charge in [0.15, 0.2) is 12.6 Å². The Morgan fingerprint density at radius 2 is 1.73 bits per heavy atom. The second kappa shape index (κ2) is 14.5. The van der Waals surface area contributed by atoms with E-state index < -0.39 is 0 Å². The molecule has 0 spiro atoms. The number of rotatable bonds is 10. The molecule has 0 bridgehead atoms. The van der Waals surface area contributed by atoms with Crippen LogP contribution < -0.4 is 20.1 Å². The first-order valence-electron chi connectivity index (χ1n) is 9.70. The number of hydrogen-bond donors (Lipinski definition) is 2. The van der Waals surface area contributed by atoms with Crippen LogP contribution in [0.5, 0.6) is 11.5 Å². The minimum Gasteiger partial charge on any atom is -0.492 e. The molecule has 30 heavy (non-hydrogen) atoms. The van der Waals surface area contributed by atoms with Crippen LogP contribution in [0.15, 0.2) is 59.6 Å². The summed E-state index contributed by atoms with van der Waals surface area (Å²) in [6, 6.07) is 17.3. The van der Waals surface area contributed by atoms with Gasteiger partial charge >= 0.3 is 0 Å². The van der Waals surface area contributed by atoms with Crippen LogP contribution in [0.4, 0.5) is 0 Å². The molecular formula is C22H31IN4O3. The summed E-state index contributed by atoms with van der Waals surface area (Å²) in [5, 5.41) is 6.48. The Morgan fingerprint density at radius 3 is 2.43 bits per heavy atom. The van der Waals surface area contributed by atoms with Crippen LogP contribution in [0.3, 0.4) is 0 Å². The fraction of sp³-hybridized carbons (Fsp3) is 0.364. The number of nitrogens with zero attached hydrogens (tertiary/aromatic N) is 2. The molecule has 0 saturated carbocycles. The monoisotopic (exact) mass is 526 g/mol. The number of amides is 1.